The molecule has 0 aromatic heterocycles. The van der Waals surface area contributed by atoms with Crippen molar-refractivity contribution in [1.82, 2.24) is 4.90 Å². The van der Waals surface area contributed by atoms with Crippen molar-refractivity contribution >= 4 is 5.91 Å². The summed E-state index contributed by atoms with van der Waals surface area (Å²) in [5.74, 6) is 0.0357. The third-order valence-electron chi connectivity index (χ3n) is 2.70. The minimum absolute atomic E-state index is 0.0265. The van der Waals surface area contributed by atoms with E-state index in [4.69, 9.17) is 10.5 Å². The molecule has 2 N–H and O–H groups in total. The Morgan fingerprint density at radius 3 is 2.81 bits per heavy atom. The summed E-state index contributed by atoms with van der Waals surface area (Å²) in [4.78, 5) is 13.4. The van der Waals surface area contributed by atoms with Gasteiger partial charge in [-0.2, -0.15) is 0 Å². The fourth-order valence-electron chi connectivity index (χ4n) is 1.78. The maximum atomic E-state index is 11.6. The van der Waals surface area contributed by atoms with Gasteiger partial charge in [0.25, 0.3) is 0 Å². The third-order valence-corrected chi connectivity index (χ3v) is 2.70. The third kappa shape index (κ3) is 2.59. The van der Waals surface area contributed by atoms with E-state index < -0.39 is 0 Å². The molecule has 2 rings (SSSR count). The van der Waals surface area contributed by atoms with E-state index in [1.807, 2.05) is 30.3 Å². The number of carbonyl (C=O) groups is 1. The molecule has 0 saturated carbocycles. The Kier molecular flexibility index (Phi) is 3.54. The molecule has 0 radical (unpaired) electrons. The lowest BCUT2D eigenvalue weighted by atomic mass is 10.2. The quantitative estimate of drug-likeness (QED) is 0.801. The first-order valence-corrected chi connectivity index (χ1v) is 5.43. The van der Waals surface area contributed by atoms with Crippen LogP contribution in [0, 0.1) is 0 Å². The molecule has 0 spiro atoms. The van der Waals surface area contributed by atoms with Crippen molar-refractivity contribution in [3.05, 3.63) is 35.9 Å². The molecule has 1 aliphatic rings. The van der Waals surface area contributed by atoms with Crippen LogP contribution in [0.3, 0.4) is 0 Å². The van der Waals surface area contributed by atoms with Gasteiger partial charge in [-0.25, -0.2) is 0 Å². The Balaban J connectivity index is 2.00. The number of ether oxygens (including phenoxy) is 1. The van der Waals surface area contributed by atoms with Crippen LogP contribution in [0.15, 0.2) is 30.3 Å². The molecular formula is C12H16N2O2. The second-order valence-corrected chi connectivity index (χ2v) is 3.93. The van der Waals surface area contributed by atoms with Crippen LogP contribution in [-0.2, 0) is 16.1 Å². The second kappa shape index (κ2) is 5.09. The van der Waals surface area contributed by atoms with Crippen molar-refractivity contribution in [2.24, 2.45) is 5.73 Å². The average molecular weight is 220 g/mol. The fourth-order valence-corrected chi connectivity index (χ4v) is 1.78. The van der Waals surface area contributed by atoms with Crippen LogP contribution in [0.25, 0.3) is 0 Å². The Morgan fingerprint density at radius 1 is 1.38 bits per heavy atom. The summed E-state index contributed by atoms with van der Waals surface area (Å²) < 4.78 is 5.29. The van der Waals surface area contributed by atoms with E-state index in [-0.39, 0.29) is 18.6 Å². The number of rotatable bonds is 3. The Labute approximate surface area is 95.0 Å². The number of nitrogens with two attached hydrogens (primary N) is 1. The van der Waals surface area contributed by atoms with Gasteiger partial charge in [-0.05, 0) is 5.56 Å². The number of nitrogens with zero attached hydrogens (tertiary/aromatic N) is 1. The first-order valence-electron chi connectivity index (χ1n) is 5.43. The first kappa shape index (κ1) is 11.1. The normalized spacial score (nSPS) is 21.2. The lowest BCUT2D eigenvalue weighted by molar-refractivity contribution is -0.149. The standard InChI is InChI=1S/C12H16N2O2/c13-6-11-8-14(12(15)9-16-11)7-10-4-2-1-3-5-10/h1-5,11H,6-9,13H2/t11-/m1/s1. The summed E-state index contributed by atoms with van der Waals surface area (Å²) in [6, 6.07) is 9.94. The zero-order valence-electron chi connectivity index (χ0n) is 9.13. The molecule has 1 aliphatic heterocycles. The van der Waals surface area contributed by atoms with Crippen LogP contribution >= 0.6 is 0 Å². The summed E-state index contributed by atoms with van der Waals surface area (Å²) in [6.45, 7) is 1.83. The molecule has 1 fully saturated rings. The van der Waals surface area contributed by atoms with E-state index in [9.17, 15) is 4.79 Å². The predicted octanol–water partition coefficient (Wildman–Crippen LogP) is 0.373. The van der Waals surface area contributed by atoms with Gasteiger partial charge in [0.05, 0.1) is 6.10 Å². The van der Waals surface area contributed by atoms with E-state index >= 15 is 0 Å². The zero-order valence-corrected chi connectivity index (χ0v) is 9.13. The van der Waals surface area contributed by atoms with Gasteiger partial charge in [0.2, 0.25) is 5.91 Å². The Morgan fingerprint density at radius 2 is 2.12 bits per heavy atom. The van der Waals surface area contributed by atoms with Crippen LogP contribution in [0.2, 0.25) is 0 Å². The first-order chi connectivity index (χ1) is 7.79. The highest BCUT2D eigenvalue weighted by Crippen LogP contribution is 2.10. The van der Waals surface area contributed by atoms with E-state index in [0.29, 0.717) is 19.6 Å². The molecule has 1 heterocycles. The smallest absolute Gasteiger partial charge is 0.248 e. The number of hydrogen-bond acceptors (Lipinski definition) is 3. The molecular weight excluding hydrogens is 204 g/mol. The van der Waals surface area contributed by atoms with E-state index in [1.165, 1.54) is 0 Å². The van der Waals surface area contributed by atoms with Gasteiger partial charge in [0.1, 0.15) is 6.61 Å². The van der Waals surface area contributed by atoms with Gasteiger partial charge in [-0.15, -0.1) is 0 Å². The van der Waals surface area contributed by atoms with Gasteiger partial charge in [0.15, 0.2) is 0 Å². The van der Waals surface area contributed by atoms with Crippen LogP contribution < -0.4 is 5.73 Å². The Hall–Kier alpha value is -1.39. The highest BCUT2D eigenvalue weighted by atomic mass is 16.5. The molecule has 0 unspecified atom stereocenters. The molecule has 0 aliphatic carbocycles. The van der Waals surface area contributed by atoms with E-state index in [0.717, 1.165) is 5.56 Å². The largest absolute Gasteiger partial charge is 0.365 e. The van der Waals surface area contributed by atoms with Crippen LogP contribution in [0.4, 0.5) is 0 Å². The summed E-state index contributed by atoms with van der Waals surface area (Å²) >= 11 is 0. The molecule has 4 heteroatoms. The Bertz CT molecular complexity index is 353. The average Bonchev–Trinajstić information content (AvgIpc) is 2.33. The number of morpholine rings is 1. The summed E-state index contributed by atoms with van der Waals surface area (Å²) in [5, 5.41) is 0. The number of carbonyl (C=O) groups excluding carboxylic acids is 1. The molecule has 1 saturated heterocycles. The summed E-state index contributed by atoms with van der Waals surface area (Å²) in [5.41, 5.74) is 6.67. The van der Waals surface area contributed by atoms with Gasteiger partial charge in [-0.3, -0.25) is 4.79 Å². The highest BCUT2D eigenvalue weighted by Gasteiger charge is 2.25. The molecule has 86 valence electrons. The number of hydrogen-bond donors (Lipinski definition) is 1. The minimum Gasteiger partial charge on any atom is -0.365 e. The molecule has 1 atom stereocenters. The lowest BCUT2D eigenvalue weighted by Crippen LogP contribution is -2.48. The molecule has 0 bridgehead atoms. The second-order valence-electron chi connectivity index (χ2n) is 3.93. The SMILES string of the molecule is NC[C@@H]1CN(Cc2ccccc2)C(=O)CO1. The highest BCUT2D eigenvalue weighted by molar-refractivity contribution is 5.78. The maximum Gasteiger partial charge on any atom is 0.248 e. The molecule has 16 heavy (non-hydrogen) atoms. The monoisotopic (exact) mass is 220 g/mol. The topological polar surface area (TPSA) is 55.6 Å². The van der Waals surface area contributed by atoms with E-state index in [2.05, 4.69) is 0 Å². The maximum absolute atomic E-state index is 11.6. The minimum atomic E-state index is -0.0265. The number of amides is 1. The van der Waals surface area contributed by atoms with Gasteiger partial charge < -0.3 is 15.4 Å². The summed E-state index contributed by atoms with van der Waals surface area (Å²) in [7, 11) is 0. The molecule has 4 nitrogen and oxygen atoms in total. The summed E-state index contributed by atoms with van der Waals surface area (Å²) in [6.07, 6.45) is -0.0265. The van der Waals surface area contributed by atoms with Gasteiger partial charge in [0, 0.05) is 19.6 Å². The number of benzene rings is 1. The van der Waals surface area contributed by atoms with Gasteiger partial charge >= 0.3 is 0 Å². The molecule has 1 aromatic rings. The zero-order chi connectivity index (χ0) is 11.4. The van der Waals surface area contributed by atoms with Crippen LogP contribution in [0.1, 0.15) is 5.56 Å². The van der Waals surface area contributed by atoms with Gasteiger partial charge in [-0.1, -0.05) is 30.3 Å². The lowest BCUT2D eigenvalue weighted by Gasteiger charge is -2.32. The molecule has 1 aromatic carbocycles. The fraction of sp³-hybridized carbons (Fsp3) is 0.417. The predicted molar refractivity (Wildman–Crippen MR) is 60.7 cm³/mol. The van der Waals surface area contributed by atoms with Crippen molar-refractivity contribution in [1.29, 1.82) is 0 Å². The van der Waals surface area contributed by atoms with E-state index in [1.54, 1.807) is 4.90 Å². The van der Waals surface area contributed by atoms with Crippen molar-refractivity contribution in [3.63, 3.8) is 0 Å². The van der Waals surface area contributed by atoms with Crippen molar-refractivity contribution in [2.45, 2.75) is 12.6 Å². The van der Waals surface area contributed by atoms with Crippen molar-refractivity contribution < 1.29 is 9.53 Å². The van der Waals surface area contributed by atoms with Crippen molar-refractivity contribution in [3.8, 4) is 0 Å². The van der Waals surface area contributed by atoms with Crippen LogP contribution in [0.5, 0.6) is 0 Å². The molecule has 1 amide bonds. The van der Waals surface area contributed by atoms with Crippen molar-refractivity contribution in [2.75, 3.05) is 19.7 Å². The van der Waals surface area contributed by atoms with Crippen LogP contribution in [-0.4, -0.2) is 36.6 Å².